The molecule has 0 saturated carbocycles. The van der Waals surface area contributed by atoms with E-state index >= 15 is 0 Å². The van der Waals surface area contributed by atoms with E-state index in [1.165, 1.54) is 23.5 Å². The van der Waals surface area contributed by atoms with E-state index in [4.69, 9.17) is 27.2 Å². The average molecular weight is 672 g/mol. The molecule has 17 heteroatoms. The van der Waals surface area contributed by atoms with Crippen molar-refractivity contribution in [3.8, 4) is 28.3 Å². The molecule has 0 fully saturated rings. The third kappa shape index (κ3) is 6.54. The zero-order valence-electron chi connectivity index (χ0n) is 25.8. The minimum Gasteiger partial charge on any atom is -0.489 e. The van der Waals surface area contributed by atoms with Crippen molar-refractivity contribution in [3.05, 3.63) is 64.8 Å². The number of fused-ring (bicyclic) bond motifs is 1. The molecule has 0 spiro atoms. The minimum atomic E-state index is -5.16. The SMILES string of the molecule is Cc1c(Cl)cc(C(C)n2nc(-c3ccn(C)n3)c3c(N)ncnc32)c(OCCOC(=O)C(F)(F)F)c1-c1ccc(C(=O)N(C)C)nc1. The Morgan fingerprint density at radius 2 is 1.85 bits per heavy atom. The Bertz CT molecular complexity index is 1970. The number of alkyl halides is 3. The molecular formula is C30H29ClF3N9O4. The monoisotopic (exact) mass is 671 g/mol. The van der Waals surface area contributed by atoms with Gasteiger partial charge in [0.15, 0.2) is 5.65 Å². The molecule has 5 aromatic rings. The van der Waals surface area contributed by atoms with Crippen molar-refractivity contribution >= 4 is 40.3 Å². The van der Waals surface area contributed by atoms with Crippen LogP contribution in [0.3, 0.4) is 0 Å². The maximum Gasteiger partial charge on any atom is 0.490 e. The van der Waals surface area contributed by atoms with Crippen LogP contribution >= 0.6 is 11.6 Å². The van der Waals surface area contributed by atoms with E-state index in [2.05, 4.69) is 24.8 Å². The van der Waals surface area contributed by atoms with Crippen LogP contribution in [0.5, 0.6) is 5.75 Å². The maximum absolute atomic E-state index is 12.8. The predicted octanol–water partition coefficient (Wildman–Crippen LogP) is 4.63. The summed E-state index contributed by atoms with van der Waals surface area (Å²) in [5.74, 6) is -2.26. The zero-order chi connectivity index (χ0) is 34.2. The molecule has 0 radical (unpaired) electrons. The van der Waals surface area contributed by atoms with E-state index in [9.17, 15) is 22.8 Å². The Morgan fingerprint density at radius 1 is 1.11 bits per heavy atom. The second kappa shape index (κ2) is 12.9. The van der Waals surface area contributed by atoms with Crippen LogP contribution in [0, 0.1) is 6.92 Å². The number of carbonyl (C=O) groups is 2. The van der Waals surface area contributed by atoms with Crippen LogP contribution in [0.4, 0.5) is 19.0 Å². The van der Waals surface area contributed by atoms with Crippen molar-refractivity contribution in [1.29, 1.82) is 0 Å². The van der Waals surface area contributed by atoms with Gasteiger partial charge in [0.25, 0.3) is 5.91 Å². The highest BCUT2D eigenvalue weighted by atomic mass is 35.5. The smallest absolute Gasteiger partial charge is 0.489 e. The van der Waals surface area contributed by atoms with Gasteiger partial charge in [0.05, 0.1) is 11.4 Å². The van der Waals surface area contributed by atoms with Crippen molar-refractivity contribution in [1.82, 2.24) is 39.4 Å². The standard InChI is InChI=1S/C30H29ClF3N9O4/c1-15-19(31)12-18(16(2)43-27-23(26(35)37-14-38-27)24(40-43)20-8-9-42(5)39-20)25(46-10-11-47-29(45)30(32,33)34)22(15)17-6-7-21(36-13-17)28(44)41(3)4/h6-9,12-14,16H,10-11H2,1-5H3,(H2,35,37,38). The lowest BCUT2D eigenvalue weighted by molar-refractivity contribution is -0.200. The van der Waals surface area contributed by atoms with E-state index in [-0.39, 0.29) is 23.2 Å². The third-order valence-electron chi connectivity index (χ3n) is 7.27. The summed E-state index contributed by atoms with van der Waals surface area (Å²) in [4.78, 5) is 38.1. The summed E-state index contributed by atoms with van der Waals surface area (Å²) in [6.45, 7) is 2.40. The topological polar surface area (TPSA) is 156 Å². The Kier molecular flexibility index (Phi) is 9.07. The Labute approximate surface area is 271 Å². The first-order valence-electron chi connectivity index (χ1n) is 14.1. The fourth-order valence-corrected chi connectivity index (χ4v) is 5.14. The molecular weight excluding hydrogens is 643 g/mol. The van der Waals surface area contributed by atoms with E-state index in [1.807, 2.05) is 0 Å². The Balaban J connectivity index is 1.65. The maximum atomic E-state index is 12.8. The van der Waals surface area contributed by atoms with Crippen LogP contribution in [-0.2, 0) is 16.6 Å². The number of ether oxygens (including phenoxy) is 2. The van der Waals surface area contributed by atoms with Crippen LogP contribution < -0.4 is 10.5 Å². The number of amides is 1. The molecule has 246 valence electrons. The van der Waals surface area contributed by atoms with Crippen LogP contribution in [0.1, 0.15) is 34.6 Å². The molecule has 13 nitrogen and oxygen atoms in total. The lowest BCUT2D eigenvalue weighted by atomic mass is 9.94. The normalized spacial score (nSPS) is 12.3. The van der Waals surface area contributed by atoms with E-state index in [1.54, 1.807) is 68.8 Å². The summed E-state index contributed by atoms with van der Waals surface area (Å²) in [6, 6.07) is 5.94. The van der Waals surface area contributed by atoms with Gasteiger partial charge in [0, 0.05) is 55.2 Å². The number of nitrogen functional groups attached to an aromatic ring is 1. The Morgan fingerprint density at radius 3 is 2.47 bits per heavy atom. The number of nitrogens with zero attached hydrogens (tertiary/aromatic N) is 8. The van der Waals surface area contributed by atoms with Crippen LogP contribution in [0.2, 0.25) is 5.02 Å². The predicted molar refractivity (Wildman–Crippen MR) is 166 cm³/mol. The molecule has 0 aliphatic heterocycles. The number of halogens is 4. The number of pyridine rings is 1. The van der Waals surface area contributed by atoms with Gasteiger partial charge in [-0.25, -0.2) is 19.4 Å². The van der Waals surface area contributed by atoms with Crippen molar-refractivity contribution in [2.45, 2.75) is 26.1 Å². The van der Waals surface area contributed by atoms with Gasteiger partial charge in [-0.3, -0.25) is 14.5 Å². The summed E-state index contributed by atoms with van der Waals surface area (Å²) in [5.41, 5.74) is 9.76. The molecule has 1 unspecified atom stereocenters. The molecule has 47 heavy (non-hydrogen) atoms. The third-order valence-corrected chi connectivity index (χ3v) is 7.66. The molecule has 1 atom stereocenters. The van der Waals surface area contributed by atoms with Gasteiger partial charge in [-0.1, -0.05) is 17.7 Å². The first-order chi connectivity index (χ1) is 22.2. The van der Waals surface area contributed by atoms with Crippen LogP contribution in [-0.4, -0.2) is 84.8 Å². The molecule has 0 bridgehead atoms. The van der Waals surface area contributed by atoms with E-state index < -0.39 is 31.4 Å². The highest BCUT2D eigenvalue weighted by Crippen LogP contribution is 2.44. The summed E-state index contributed by atoms with van der Waals surface area (Å²) in [7, 11) is 4.95. The number of anilines is 1. The average Bonchev–Trinajstić information content (AvgIpc) is 3.64. The fourth-order valence-electron chi connectivity index (χ4n) is 4.93. The van der Waals surface area contributed by atoms with Crippen molar-refractivity contribution in [2.24, 2.45) is 7.05 Å². The van der Waals surface area contributed by atoms with Gasteiger partial charge < -0.3 is 20.1 Å². The van der Waals surface area contributed by atoms with E-state index in [0.717, 1.165) is 0 Å². The molecule has 0 aliphatic carbocycles. The number of benzene rings is 1. The largest absolute Gasteiger partial charge is 0.490 e. The highest BCUT2D eigenvalue weighted by Gasteiger charge is 2.41. The number of esters is 1. The summed E-state index contributed by atoms with van der Waals surface area (Å²) < 4.78 is 52.0. The van der Waals surface area contributed by atoms with Crippen LogP contribution in [0.15, 0.2) is 43.0 Å². The molecule has 0 saturated heterocycles. The summed E-state index contributed by atoms with van der Waals surface area (Å²) in [5, 5.41) is 10.1. The molecule has 2 N–H and O–H groups in total. The Hall–Kier alpha value is -5.25. The first-order valence-corrected chi connectivity index (χ1v) is 14.4. The fraction of sp³-hybridized carbons (Fsp3) is 0.300. The highest BCUT2D eigenvalue weighted by molar-refractivity contribution is 6.32. The molecule has 4 aromatic heterocycles. The second-order valence-electron chi connectivity index (χ2n) is 10.7. The van der Waals surface area contributed by atoms with Crippen LogP contribution in [0.25, 0.3) is 33.5 Å². The number of nitrogens with two attached hydrogens (primary N) is 1. The van der Waals surface area contributed by atoms with Gasteiger partial charge >= 0.3 is 12.1 Å². The number of hydrogen-bond donors (Lipinski definition) is 1. The quantitative estimate of drug-likeness (QED) is 0.173. The lowest BCUT2D eigenvalue weighted by Crippen LogP contribution is -2.27. The molecule has 5 rings (SSSR count). The minimum absolute atomic E-state index is 0.179. The number of aryl methyl sites for hydroxylation is 1. The van der Waals surface area contributed by atoms with Gasteiger partial charge in [0.2, 0.25) is 0 Å². The molecule has 4 heterocycles. The molecule has 0 aliphatic rings. The molecule has 1 aromatic carbocycles. The van der Waals surface area contributed by atoms with Crippen molar-refractivity contribution in [3.63, 3.8) is 0 Å². The van der Waals surface area contributed by atoms with E-state index in [0.29, 0.717) is 49.7 Å². The first kappa shape index (κ1) is 33.1. The lowest BCUT2D eigenvalue weighted by Gasteiger charge is -2.23. The zero-order valence-corrected chi connectivity index (χ0v) is 26.6. The van der Waals surface area contributed by atoms with Crippen molar-refractivity contribution in [2.75, 3.05) is 33.0 Å². The van der Waals surface area contributed by atoms with Gasteiger partial charge in [-0.15, -0.1) is 0 Å². The number of aromatic nitrogens is 7. The van der Waals surface area contributed by atoms with Gasteiger partial charge in [-0.05, 0) is 37.6 Å². The second-order valence-corrected chi connectivity index (χ2v) is 11.1. The van der Waals surface area contributed by atoms with Crippen molar-refractivity contribution < 1.29 is 32.2 Å². The molecule has 1 amide bonds. The summed E-state index contributed by atoms with van der Waals surface area (Å²) in [6.07, 6.45) is -0.641. The number of hydrogen-bond acceptors (Lipinski definition) is 10. The van der Waals surface area contributed by atoms with Gasteiger partial charge in [-0.2, -0.15) is 23.4 Å². The number of carbonyl (C=O) groups excluding carboxylic acids is 2. The van der Waals surface area contributed by atoms with Gasteiger partial charge in [0.1, 0.15) is 48.2 Å². The summed E-state index contributed by atoms with van der Waals surface area (Å²) >= 11 is 6.78. The number of rotatable bonds is 9.